The van der Waals surface area contributed by atoms with Crippen LogP contribution in [0.15, 0.2) is 18.5 Å². The molecule has 0 saturated heterocycles. The number of ether oxygens (including phenoxy) is 1. The van der Waals surface area contributed by atoms with Gasteiger partial charge in [-0.2, -0.15) is 10.1 Å². The number of nitrogen functional groups attached to an aromatic ring is 1. The van der Waals surface area contributed by atoms with Crippen LogP contribution in [0.2, 0.25) is 0 Å². The van der Waals surface area contributed by atoms with Crippen molar-refractivity contribution in [2.75, 3.05) is 24.2 Å². The van der Waals surface area contributed by atoms with Gasteiger partial charge in [-0.25, -0.2) is 4.98 Å². The van der Waals surface area contributed by atoms with Crippen molar-refractivity contribution in [2.45, 2.75) is 19.8 Å². The zero-order valence-electron chi connectivity index (χ0n) is 10.9. The Bertz CT molecular complexity index is 499. The fourth-order valence-electron chi connectivity index (χ4n) is 1.63. The topological polar surface area (TPSA) is 102 Å². The minimum atomic E-state index is 0.475. The Kier molecular flexibility index (Phi) is 4.54. The highest BCUT2D eigenvalue weighted by Gasteiger charge is 2.03. The lowest BCUT2D eigenvalue weighted by atomic mass is 10.3. The van der Waals surface area contributed by atoms with Crippen molar-refractivity contribution >= 4 is 11.5 Å². The molecule has 102 valence electrons. The summed E-state index contributed by atoms with van der Waals surface area (Å²) in [4.78, 5) is 8.37. The number of H-pyrrole nitrogens is 1. The molecule has 0 radical (unpaired) electrons. The van der Waals surface area contributed by atoms with Crippen molar-refractivity contribution < 1.29 is 4.74 Å². The predicted octanol–water partition coefficient (Wildman–Crippen LogP) is 1.23. The molecule has 0 aromatic carbocycles. The van der Waals surface area contributed by atoms with Crippen molar-refractivity contribution in [1.82, 2.24) is 20.2 Å². The highest BCUT2D eigenvalue weighted by Crippen LogP contribution is 2.20. The predicted molar refractivity (Wildman–Crippen MR) is 73.0 cm³/mol. The molecular weight excluding hydrogens is 244 g/mol. The van der Waals surface area contributed by atoms with Gasteiger partial charge in [-0.1, -0.05) is 0 Å². The number of pyridine rings is 1. The summed E-state index contributed by atoms with van der Waals surface area (Å²) < 4.78 is 5.34. The molecule has 0 amide bonds. The molecule has 7 nitrogen and oxygen atoms in total. The maximum absolute atomic E-state index is 5.76. The highest BCUT2D eigenvalue weighted by atomic mass is 16.5. The van der Waals surface area contributed by atoms with E-state index in [1.165, 1.54) is 6.33 Å². The van der Waals surface area contributed by atoms with Gasteiger partial charge in [0.05, 0.1) is 12.3 Å². The van der Waals surface area contributed by atoms with E-state index >= 15 is 0 Å². The molecule has 2 aromatic heterocycles. The van der Waals surface area contributed by atoms with Crippen LogP contribution in [-0.2, 0) is 6.42 Å². The van der Waals surface area contributed by atoms with Crippen LogP contribution in [0, 0.1) is 0 Å². The van der Waals surface area contributed by atoms with Crippen LogP contribution < -0.4 is 15.8 Å². The molecule has 19 heavy (non-hydrogen) atoms. The number of hydrogen-bond acceptors (Lipinski definition) is 6. The van der Waals surface area contributed by atoms with Crippen LogP contribution >= 0.6 is 0 Å². The Morgan fingerprint density at radius 1 is 1.42 bits per heavy atom. The van der Waals surface area contributed by atoms with Crippen LogP contribution in [0.25, 0.3) is 0 Å². The zero-order chi connectivity index (χ0) is 13.5. The van der Waals surface area contributed by atoms with E-state index in [0.29, 0.717) is 18.2 Å². The van der Waals surface area contributed by atoms with E-state index in [-0.39, 0.29) is 0 Å². The minimum absolute atomic E-state index is 0.475. The molecule has 0 spiro atoms. The molecule has 4 N–H and O–H groups in total. The zero-order valence-corrected chi connectivity index (χ0v) is 10.9. The highest BCUT2D eigenvalue weighted by molar-refractivity contribution is 5.53. The third kappa shape index (κ3) is 3.84. The van der Waals surface area contributed by atoms with E-state index < -0.39 is 0 Å². The number of nitrogens with two attached hydrogens (primary N) is 1. The number of aromatic nitrogens is 4. The molecule has 0 aliphatic carbocycles. The molecule has 0 bridgehead atoms. The molecule has 0 aliphatic heterocycles. The van der Waals surface area contributed by atoms with Crippen molar-refractivity contribution in [1.29, 1.82) is 0 Å². The van der Waals surface area contributed by atoms with Crippen molar-refractivity contribution in [2.24, 2.45) is 0 Å². The van der Waals surface area contributed by atoms with E-state index in [2.05, 4.69) is 25.5 Å². The summed E-state index contributed by atoms with van der Waals surface area (Å²) >= 11 is 0. The molecule has 7 heteroatoms. The molecule has 2 aromatic rings. The molecule has 0 atom stereocenters. The second kappa shape index (κ2) is 6.58. The van der Waals surface area contributed by atoms with Crippen molar-refractivity contribution in [3.63, 3.8) is 0 Å². The monoisotopic (exact) mass is 262 g/mol. The van der Waals surface area contributed by atoms with Crippen molar-refractivity contribution in [3.05, 3.63) is 24.3 Å². The first-order valence-corrected chi connectivity index (χ1v) is 6.27. The third-order valence-corrected chi connectivity index (χ3v) is 2.53. The Morgan fingerprint density at radius 2 is 2.32 bits per heavy atom. The molecule has 2 rings (SSSR count). The van der Waals surface area contributed by atoms with E-state index in [1.807, 2.05) is 13.0 Å². The number of aromatic amines is 1. The Hall–Kier alpha value is -2.31. The molecule has 2 heterocycles. The average Bonchev–Trinajstić information content (AvgIpc) is 2.92. The number of rotatable bonds is 7. The first-order chi connectivity index (χ1) is 9.29. The van der Waals surface area contributed by atoms with Gasteiger partial charge >= 0.3 is 0 Å². The van der Waals surface area contributed by atoms with Gasteiger partial charge in [0.25, 0.3) is 0 Å². The standard InChI is InChI=1S/C12H18N6O/c1-2-19-12-9(13)5-6-10(17-12)14-7-3-4-11-15-8-16-18-11/h5-6,8H,2-4,7,13H2,1H3,(H,14,17)(H,15,16,18). The van der Waals surface area contributed by atoms with Gasteiger partial charge in [0, 0.05) is 13.0 Å². The van der Waals surface area contributed by atoms with Crippen LogP contribution in [-0.4, -0.2) is 33.3 Å². The maximum Gasteiger partial charge on any atom is 0.239 e. The summed E-state index contributed by atoms with van der Waals surface area (Å²) in [6.45, 7) is 3.24. The quantitative estimate of drug-likeness (QED) is 0.648. The first kappa shape index (κ1) is 13.1. The lowest BCUT2D eigenvalue weighted by molar-refractivity contribution is 0.329. The molecular formula is C12H18N6O. The Labute approximate surface area is 111 Å². The number of anilines is 2. The summed E-state index contributed by atoms with van der Waals surface area (Å²) in [7, 11) is 0. The molecule has 0 fully saturated rings. The Morgan fingerprint density at radius 3 is 3.05 bits per heavy atom. The largest absolute Gasteiger partial charge is 0.476 e. The summed E-state index contributed by atoms with van der Waals surface area (Å²) in [5.74, 6) is 2.13. The SMILES string of the molecule is CCOc1nc(NCCCc2ncn[nH]2)ccc1N. The van der Waals surface area contributed by atoms with Gasteiger partial charge in [-0.3, -0.25) is 5.10 Å². The number of hydrogen-bond donors (Lipinski definition) is 3. The number of nitrogens with one attached hydrogen (secondary N) is 2. The maximum atomic E-state index is 5.76. The van der Waals surface area contributed by atoms with Crippen LogP contribution in [0.5, 0.6) is 5.88 Å². The first-order valence-electron chi connectivity index (χ1n) is 6.27. The van der Waals surface area contributed by atoms with Gasteiger partial charge in [0.1, 0.15) is 18.0 Å². The summed E-state index contributed by atoms with van der Waals surface area (Å²) in [6, 6.07) is 3.63. The third-order valence-electron chi connectivity index (χ3n) is 2.53. The van der Waals surface area contributed by atoms with E-state index in [0.717, 1.165) is 31.0 Å². The number of aryl methyl sites for hydroxylation is 1. The fourth-order valence-corrected chi connectivity index (χ4v) is 1.63. The normalized spacial score (nSPS) is 10.4. The van der Waals surface area contributed by atoms with Gasteiger partial charge < -0.3 is 15.8 Å². The summed E-state index contributed by atoms with van der Waals surface area (Å²) in [5, 5.41) is 9.85. The summed E-state index contributed by atoms with van der Waals surface area (Å²) in [6.07, 6.45) is 3.30. The second-order valence-corrected chi connectivity index (χ2v) is 3.99. The minimum Gasteiger partial charge on any atom is -0.476 e. The van der Waals surface area contributed by atoms with Crippen LogP contribution in [0.1, 0.15) is 19.2 Å². The lowest BCUT2D eigenvalue weighted by Gasteiger charge is -2.09. The van der Waals surface area contributed by atoms with Crippen LogP contribution in [0.4, 0.5) is 11.5 Å². The van der Waals surface area contributed by atoms with Crippen molar-refractivity contribution in [3.8, 4) is 5.88 Å². The van der Waals surface area contributed by atoms with E-state index in [4.69, 9.17) is 10.5 Å². The molecule has 0 aliphatic rings. The molecule has 0 saturated carbocycles. The van der Waals surface area contributed by atoms with Gasteiger partial charge in [0.2, 0.25) is 5.88 Å². The van der Waals surface area contributed by atoms with Gasteiger partial charge in [0.15, 0.2) is 0 Å². The van der Waals surface area contributed by atoms with Gasteiger partial charge in [-0.05, 0) is 25.5 Å². The lowest BCUT2D eigenvalue weighted by Crippen LogP contribution is -2.07. The van der Waals surface area contributed by atoms with E-state index in [9.17, 15) is 0 Å². The second-order valence-electron chi connectivity index (χ2n) is 3.99. The van der Waals surface area contributed by atoms with Crippen LogP contribution in [0.3, 0.4) is 0 Å². The average molecular weight is 262 g/mol. The molecule has 0 unspecified atom stereocenters. The summed E-state index contributed by atoms with van der Waals surface area (Å²) in [5.41, 5.74) is 6.31. The fraction of sp³-hybridized carbons (Fsp3) is 0.417. The van der Waals surface area contributed by atoms with E-state index in [1.54, 1.807) is 6.07 Å². The smallest absolute Gasteiger partial charge is 0.239 e. The Balaban J connectivity index is 1.80. The van der Waals surface area contributed by atoms with Gasteiger partial charge in [-0.15, -0.1) is 0 Å². The number of nitrogens with zero attached hydrogens (tertiary/aromatic N) is 3.